The van der Waals surface area contributed by atoms with Gasteiger partial charge in [-0.2, -0.15) is 0 Å². The van der Waals surface area contributed by atoms with E-state index in [4.69, 9.17) is 16.7 Å². The Morgan fingerprint density at radius 1 is 1.00 bits per heavy atom. The third kappa shape index (κ3) is 7.99. The summed E-state index contributed by atoms with van der Waals surface area (Å²) < 4.78 is 13.1. The maximum absolute atomic E-state index is 13.1. The molecule has 2 aromatic rings. The molecule has 34 heavy (non-hydrogen) atoms. The molecule has 0 aromatic heterocycles. The predicted molar refractivity (Wildman–Crippen MR) is 137 cm³/mol. The minimum Gasteiger partial charge on any atom is -0.465 e. The molecule has 2 aliphatic rings. The molecule has 0 aliphatic heterocycles. The second-order valence-electron chi connectivity index (χ2n) is 9.96. The number of hydrogen-bond donors (Lipinski definition) is 2. The van der Waals surface area contributed by atoms with Gasteiger partial charge in [0, 0.05) is 17.6 Å². The van der Waals surface area contributed by atoms with Crippen molar-refractivity contribution in [3.8, 4) is 0 Å². The molecule has 0 bridgehead atoms. The highest BCUT2D eigenvalue weighted by atomic mass is 35.5. The van der Waals surface area contributed by atoms with Crippen LogP contribution in [0.2, 0.25) is 5.02 Å². The highest BCUT2D eigenvalue weighted by Gasteiger charge is 2.30. The van der Waals surface area contributed by atoms with Crippen LogP contribution in [0.1, 0.15) is 74.5 Å². The third-order valence-corrected chi connectivity index (χ3v) is 7.60. The van der Waals surface area contributed by atoms with Gasteiger partial charge in [0.2, 0.25) is 0 Å². The fourth-order valence-electron chi connectivity index (χ4n) is 5.59. The summed E-state index contributed by atoms with van der Waals surface area (Å²) in [6.45, 7) is 0.547. The largest absolute Gasteiger partial charge is 0.465 e. The van der Waals surface area contributed by atoms with Crippen LogP contribution in [0, 0.1) is 17.7 Å². The smallest absolute Gasteiger partial charge is 0.404 e. The van der Waals surface area contributed by atoms with E-state index in [0.29, 0.717) is 18.4 Å². The van der Waals surface area contributed by atoms with Gasteiger partial charge in [-0.15, -0.1) is 0 Å². The van der Waals surface area contributed by atoms with Gasteiger partial charge in [0.05, 0.1) is 0 Å². The molecule has 0 saturated heterocycles. The molecule has 0 heterocycles. The number of nitrogens with zero attached hydrogens (tertiary/aromatic N) is 1. The standard InChI is InChI=1S/C17H25FN2O2.C11H13Cl/c1-20(2)16(14-7-9-15(18)10-8-14)13-5-3-12(4-6-13)11-19-17(21)22;12-11-7-5-10(6-8-11)9-3-1-2-4-9/h7-10,12-13,16,19H,3-6,11H2,1-2H3,(H,21,22);5-9H,1-4H2. The van der Waals surface area contributed by atoms with E-state index in [2.05, 4.69) is 36.4 Å². The second-order valence-corrected chi connectivity index (χ2v) is 10.4. The van der Waals surface area contributed by atoms with Crippen molar-refractivity contribution < 1.29 is 14.3 Å². The Kier molecular flexibility index (Phi) is 10.2. The second kappa shape index (κ2) is 13.1. The Morgan fingerprint density at radius 3 is 2.12 bits per heavy atom. The summed E-state index contributed by atoms with van der Waals surface area (Å²) in [7, 11) is 4.12. The molecule has 0 radical (unpaired) electrons. The molecule has 2 aromatic carbocycles. The van der Waals surface area contributed by atoms with E-state index in [1.54, 1.807) is 0 Å². The molecule has 2 N–H and O–H groups in total. The molecule has 1 amide bonds. The first-order chi connectivity index (χ1) is 16.3. The van der Waals surface area contributed by atoms with E-state index in [-0.39, 0.29) is 11.9 Å². The number of amides is 1. The number of rotatable bonds is 6. The van der Waals surface area contributed by atoms with Crippen LogP contribution in [0.5, 0.6) is 0 Å². The Labute approximate surface area is 208 Å². The van der Waals surface area contributed by atoms with Crippen LogP contribution >= 0.6 is 11.6 Å². The zero-order valence-electron chi connectivity index (χ0n) is 20.4. The monoisotopic (exact) mass is 488 g/mol. The van der Waals surface area contributed by atoms with Gasteiger partial charge >= 0.3 is 6.09 Å². The van der Waals surface area contributed by atoms with E-state index >= 15 is 0 Å². The quantitative estimate of drug-likeness (QED) is 0.442. The van der Waals surface area contributed by atoms with Crippen LogP contribution in [-0.2, 0) is 0 Å². The van der Waals surface area contributed by atoms with Crippen molar-refractivity contribution in [2.75, 3.05) is 20.6 Å². The van der Waals surface area contributed by atoms with Crippen LogP contribution in [0.3, 0.4) is 0 Å². The maximum atomic E-state index is 13.1. The number of hydrogen-bond acceptors (Lipinski definition) is 2. The molecule has 6 heteroatoms. The van der Waals surface area contributed by atoms with Gasteiger partial charge in [-0.05, 0) is 106 Å². The van der Waals surface area contributed by atoms with Gasteiger partial charge in [0.25, 0.3) is 0 Å². The highest BCUT2D eigenvalue weighted by molar-refractivity contribution is 6.30. The first-order valence-corrected chi connectivity index (χ1v) is 12.9. The van der Waals surface area contributed by atoms with Crippen molar-refractivity contribution in [3.63, 3.8) is 0 Å². The molecule has 2 fully saturated rings. The highest BCUT2D eigenvalue weighted by Crippen LogP contribution is 2.39. The minimum absolute atomic E-state index is 0.204. The number of carboxylic acid groups (broad SMARTS) is 1. The molecule has 4 rings (SSSR count). The molecule has 186 valence electrons. The van der Waals surface area contributed by atoms with Crippen molar-refractivity contribution in [1.29, 1.82) is 0 Å². The first kappa shape index (κ1) is 26.5. The van der Waals surface area contributed by atoms with E-state index in [1.165, 1.54) is 43.4 Å². The third-order valence-electron chi connectivity index (χ3n) is 7.34. The predicted octanol–water partition coefficient (Wildman–Crippen LogP) is 7.50. The zero-order chi connectivity index (χ0) is 24.5. The summed E-state index contributed by atoms with van der Waals surface area (Å²) in [4.78, 5) is 12.8. The van der Waals surface area contributed by atoms with Crippen molar-refractivity contribution in [2.24, 2.45) is 11.8 Å². The molecule has 0 spiro atoms. The van der Waals surface area contributed by atoms with Crippen molar-refractivity contribution in [3.05, 3.63) is 70.5 Å². The van der Waals surface area contributed by atoms with Crippen molar-refractivity contribution >= 4 is 17.7 Å². The molecule has 2 aliphatic carbocycles. The first-order valence-electron chi connectivity index (χ1n) is 12.5. The Bertz CT molecular complexity index is 874. The van der Waals surface area contributed by atoms with Crippen molar-refractivity contribution in [2.45, 2.75) is 63.3 Å². The average molecular weight is 489 g/mol. The SMILES string of the molecule is CN(C)C(c1ccc(F)cc1)C1CCC(CNC(=O)O)CC1.Clc1ccc(C2CCCC2)cc1. The van der Waals surface area contributed by atoms with Crippen LogP contribution in [-0.4, -0.2) is 36.7 Å². The number of benzene rings is 2. The van der Waals surface area contributed by atoms with Gasteiger partial charge in [0.1, 0.15) is 5.82 Å². The molecule has 1 atom stereocenters. The molecular formula is C28H38ClFN2O2. The number of nitrogens with one attached hydrogen (secondary N) is 1. The molecular weight excluding hydrogens is 451 g/mol. The average Bonchev–Trinajstić information content (AvgIpc) is 3.36. The van der Waals surface area contributed by atoms with Crippen LogP contribution < -0.4 is 5.32 Å². The summed E-state index contributed by atoms with van der Waals surface area (Å²) in [5, 5.41) is 12.0. The Morgan fingerprint density at radius 2 is 1.59 bits per heavy atom. The zero-order valence-corrected chi connectivity index (χ0v) is 21.1. The lowest BCUT2D eigenvalue weighted by Gasteiger charge is -2.37. The normalized spacial score (nSPS) is 21.6. The lowest BCUT2D eigenvalue weighted by atomic mass is 9.76. The van der Waals surface area contributed by atoms with Gasteiger partial charge < -0.3 is 15.3 Å². The van der Waals surface area contributed by atoms with Gasteiger partial charge in [-0.1, -0.05) is 48.7 Å². The van der Waals surface area contributed by atoms with Crippen molar-refractivity contribution in [1.82, 2.24) is 10.2 Å². The number of carbonyl (C=O) groups is 1. The lowest BCUT2D eigenvalue weighted by molar-refractivity contribution is 0.146. The topological polar surface area (TPSA) is 52.6 Å². The summed E-state index contributed by atoms with van der Waals surface area (Å²) in [6, 6.07) is 15.4. The fraction of sp³-hybridized carbons (Fsp3) is 0.536. The fourth-order valence-corrected chi connectivity index (χ4v) is 5.71. The van der Waals surface area contributed by atoms with E-state index in [9.17, 15) is 9.18 Å². The van der Waals surface area contributed by atoms with Crippen LogP contribution in [0.15, 0.2) is 48.5 Å². The van der Waals surface area contributed by atoms with E-state index < -0.39 is 6.09 Å². The summed E-state index contributed by atoms with van der Waals surface area (Å²) in [5.41, 5.74) is 2.62. The van der Waals surface area contributed by atoms with Gasteiger partial charge in [-0.3, -0.25) is 0 Å². The van der Waals surface area contributed by atoms with Gasteiger partial charge in [-0.25, -0.2) is 9.18 Å². The minimum atomic E-state index is -0.945. The van der Waals surface area contributed by atoms with Crippen LogP contribution in [0.4, 0.5) is 9.18 Å². The molecule has 4 nitrogen and oxygen atoms in total. The Hall–Kier alpha value is -2.11. The molecule has 2 saturated carbocycles. The van der Waals surface area contributed by atoms with Gasteiger partial charge in [0.15, 0.2) is 0 Å². The summed E-state index contributed by atoms with van der Waals surface area (Å²) in [6.07, 6.45) is 8.80. The molecule has 1 unspecified atom stereocenters. The maximum Gasteiger partial charge on any atom is 0.404 e. The lowest BCUT2D eigenvalue weighted by Crippen LogP contribution is -2.34. The number of halogens is 2. The summed E-state index contributed by atoms with van der Waals surface area (Å²) in [5.74, 6) is 1.57. The van der Waals surface area contributed by atoms with Crippen LogP contribution in [0.25, 0.3) is 0 Å². The van der Waals surface area contributed by atoms with E-state index in [0.717, 1.165) is 42.2 Å². The summed E-state index contributed by atoms with van der Waals surface area (Å²) >= 11 is 5.82. The van der Waals surface area contributed by atoms with E-state index in [1.807, 2.05) is 24.3 Å². The Balaban J connectivity index is 0.000000226.